The van der Waals surface area contributed by atoms with Crippen LogP contribution in [0.4, 0.5) is 0 Å². The number of aromatic hydroxyl groups is 1. The van der Waals surface area contributed by atoms with E-state index in [1.807, 2.05) is 23.9 Å². The second-order valence-corrected chi connectivity index (χ2v) is 5.09. The summed E-state index contributed by atoms with van der Waals surface area (Å²) in [6.45, 7) is 0.900. The Hall–Kier alpha value is -2.83. The van der Waals surface area contributed by atoms with Gasteiger partial charge in [-0.05, 0) is 12.0 Å². The lowest BCUT2D eigenvalue weighted by Crippen LogP contribution is -2.35. The molecule has 0 atom stereocenters. The molecular weight excluding hydrogens is 286 g/mol. The van der Waals surface area contributed by atoms with Gasteiger partial charge in [0.15, 0.2) is 5.76 Å². The number of nitrogens with zero attached hydrogens (tertiary/aromatic N) is 3. The summed E-state index contributed by atoms with van der Waals surface area (Å²) in [6.07, 6.45) is 6.20. The number of aryl methyl sites for hydroxylation is 1. The molecule has 1 aliphatic rings. The summed E-state index contributed by atoms with van der Waals surface area (Å²) in [5.41, 5.74) is 0.332. The summed E-state index contributed by atoms with van der Waals surface area (Å²) < 4.78 is 6.78. The quantitative estimate of drug-likeness (QED) is 0.894. The van der Waals surface area contributed by atoms with E-state index in [9.17, 15) is 14.7 Å². The summed E-state index contributed by atoms with van der Waals surface area (Å²) in [7, 11) is 1.92. The number of rotatable bonds is 2. The number of aromatic nitrogens is 2. The summed E-state index contributed by atoms with van der Waals surface area (Å²) in [5.74, 6) is 0.0406. The highest BCUT2D eigenvalue weighted by Crippen LogP contribution is 2.21. The van der Waals surface area contributed by atoms with Gasteiger partial charge in [-0.15, -0.1) is 0 Å². The molecule has 0 aromatic carbocycles. The Labute approximate surface area is 126 Å². The van der Waals surface area contributed by atoms with Gasteiger partial charge < -0.3 is 19.0 Å². The molecule has 22 heavy (non-hydrogen) atoms. The topological polar surface area (TPSA) is 88.6 Å². The zero-order chi connectivity index (χ0) is 15.7. The minimum Gasteiger partial charge on any atom is -0.508 e. The highest BCUT2D eigenvalue weighted by atomic mass is 16.4. The van der Waals surface area contributed by atoms with Crippen molar-refractivity contribution < 1.29 is 14.3 Å². The van der Waals surface area contributed by atoms with Gasteiger partial charge >= 0.3 is 5.63 Å². The van der Waals surface area contributed by atoms with Crippen LogP contribution in [0.1, 0.15) is 22.8 Å². The fourth-order valence-corrected chi connectivity index (χ4v) is 2.46. The van der Waals surface area contributed by atoms with Gasteiger partial charge in [0.25, 0.3) is 5.91 Å². The van der Waals surface area contributed by atoms with Gasteiger partial charge in [0.1, 0.15) is 11.6 Å². The van der Waals surface area contributed by atoms with Gasteiger partial charge in [-0.3, -0.25) is 4.79 Å². The van der Waals surface area contributed by atoms with Gasteiger partial charge in [0, 0.05) is 38.6 Å². The van der Waals surface area contributed by atoms with Crippen molar-refractivity contribution in [3.8, 4) is 5.75 Å². The van der Waals surface area contributed by atoms with Crippen LogP contribution in [0, 0.1) is 0 Å². The van der Waals surface area contributed by atoms with Crippen LogP contribution >= 0.6 is 0 Å². The lowest BCUT2D eigenvalue weighted by Gasteiger charge is -2.25. The first-order chi connectivity index (χ1) is 10.5. The number of hydrogen-bond acceptors (Lipinski definition) is 5. The molecular formula is C15H15N3O4. The molecule has 3 rings (SSSR count). The molecule has 1 N–H and O–H groups in total. The minimum absolute atomic E-state index is 0.154. The van der Waals surface area contributed by atoms with Gasteiger partial charge in [0.05, 0.1) is 6.07 Å². The minimum atomic E-state index is -0.746. The number of imidazole rings is 1. The van der Waals surface area contributed by atoms with Gasteiger partial charge in [-0.2, -0.15) is 0 Å². The van der Waals surface area contributed by atoms with Crippen molar-refractivity contribution in [3.63, 3.8) is 0 Å². The number of amides is 1. The lowest BCUT2D eigenvalue weighted by molar-refractivity contribution is 0.0735. The molecule has 114 valence electrons. The van der Waals surface area contributed by atoms with Gasteiger partial charge in [0.2, 0.25) is 0 Å². The number of hydrogen-bond donors (Lipinski definition) is 1. The highest BCUT2D eigenvalue weighted by molar-refractivity contribution is 5.92. The molecule has 0 saturated carbocycles. The molecule has 7 nitrogen and oxygen atoms in total. The van der Waals surface area contributed by atoms with E-state index in [0.29, 0.717) is 19.5 Å². The summed E-state index contributed by atoms with van der Waals surface area (Å²) in [5, 5.41) is 9.39. The first-order valence-corrected chi connectivity index (χ1v) is 6.85. The van der Waals surface area contributed by atoms with Crippen LogP contribution in [0.5, 0.6) is 5.75 Å². The van der Waals surface area contributed by atoms with E-state index in [2.05, 4.69) is 4.98 Å². The van der Waals surface area contributed by atoms with Crippen molar-refractivity contribution in [2.75, 3.05) is 13.1 Å². The average Bonchev–Trinajstić information content (AvgIpc) is 2.92. The summed E-state index contributed by atoms with van der Waals surface area (Å²) in [6, 6.07) is 2.08. The van der Waals surface area contributed by atoms with E-state index in [-0.39, 0.29) is 11.5 Å². The molecule has 7 heteroatoms. The predicted molar refractivity (Wildman–Crippen MR) is 78.3 cm³/mol. The first kappa shape index (κ1) is 14.1. The Bertz CT molecular complexity index is 803. The van der Waals surface area contributed by atoms with Crippen molar-refractivity contribution in [3.05, 3.63) is 52.6 Å². The van der Waals surface area contributed by atoms with Crippen LogP contribution in [0.25, 0.3) is 5.57 Å². The van der Waals surface area contributed by atoms with Gasteiger partial charge in [-0.25, -0.2) is 9.78 Å². The van der Waals surface area contributed by atoms with Crippen molar-refractivity contribution in [2.24, 2.45) is 7.05 Å². The van der Waals surface area contributed by atoms with E-state index in [4.69, 9.17) is 4.42 Å². The Morgan fingerprint density at radius 2 is 2.23 bits per heavy atom. The van der Waals surface area contributed by atoms with Crippen LogP contribution in [0.3, 0.4) is 0 Å². The molecule has 0 spiro atoms. The standard InChI is InChI=1S/C15H15N3O4/c1-17-7-4-16-14(17)10-2-5-18(6-3-10)15(21)12-8-11(19)9-13(20)22-12/h2,4,7-9,19H,3,5-6H2,1H3. The normalized spacial score (nSPS) is 14.8. The van der Waals surface area contributed by atoms with Crippen LogP contribution in [-0.2, 0) is 7.05 Å². The molecule has 2 aromatic rings. The average molecular weight is 301 g/mol. The monoisotopic (exact) mass is 301 g/mol. The largest absolute Gasteiger partial charge is 0.508 e. The van der Waals surface area contributed by atoms with E-state index < -0.39 is 11.5 Å². The number of carbonyl (C=O) groups is 1. The maximum absolute atomic E-state index is 12.3. The Morgan fingerprint density at radius 3 is 2.82 bits per heavy atom. The third-order valence-electron chi connectivity index (χ3n) is 3.57. The third kappa shape index (κ3) is 2.65. The lowest BCUT2D eigenvalue weighted by atomic mass is 10.1. The van der Waals surface area contributed by atoms with Crippen molar-refractivity contribution in [1.82, 2.24) is 14.5 Å². The van der Waals surface area contributed by atoms with E-state index in [0.717, 1.165) is 23.5 Å². The summed E-state index contributed by atoms with van der Waals surface area (Å²) >= 11 is 0. The number of carbonyl (C=O) groups excluding carboxylic acids is 1. The SMILES string of the molecule is Cn1ccnc1C1=CCN(C(=O)c2cc(O)cc(=O)o2)CC1. The van der Waals surface area contributed by atoms with E-state index in [1.54, 1.807) is 11.1 Å². The molecule has 0 bridgehead atoms. The third-order valence-corrected chi connectivity index (χ3v) is 3.57. The van der Waals surface area contributed by atoms with Gasteiger partial charge in [-0.1, -0.05) is 6.08 Å². The Kier molecular flexibility index (Phi) is 3.54. The molecule has 2 aromatic heterocycles. The predicted octanol–water partition coefficient (Wildman–Crippen LogP) is 1.01. The fourth-order valence-electron chi connectivity index (χ4n) is 2.46. The molecule has 0 aliphatic carbocycles. The van der Waals surface area contributed by atoms with Crippen LogP contribution in [-0.4, -0.2) is 38.6 Å². The van der Waals surface area contributed by atoms with Crippen molar-refractivity contribution in [1.29, 1.82) is 0 Å². The maximum atomic E-state index is 12.3. The van der Waals surface area contributed by atoms with Crippen LogP contribution in [0.15, 0.2) is 39.8 Å². The first-order valence-electron chi connectivity index (χ1n) is 6.85. The van der Waals surface area contributed by atoms with E-state index in [1.165, 1.54) is 0 Å². The van der Waals surface area contributed by atoms with Crippen LogP contribution < -0.4 is 5.63 Å². The zero-order valence-electron chi connectivity index (χ0n) is 12.0. The molecule has 0 saturated heterocycles. The van der Waals surface area contributed by atoms with Crippen LogP contribution in [0.2, 0.25) is 0 Å². The second kappa shape index (κ2) is 5.51. The molecule has 0 unspecified atom stereocenters. The zero-order valence-corrected chi connectivity index (χ0v) is 12.0. The van der Waals surface area contributed by atoms with E-state index >= 15 is 0 Å². The molecule has 3 heterocycles. The molecule has 1 amide bonds. The smallest absolute Gasteiger partial charge is 0.340 e. The second-order valence-electron chi connectivity index (χ2n) is 5.09. The van der Waals surface area contributed by atoms with Crippen molar-refractivity contribution in [2.45, 2.75) is 6.42 Å². The molecule has 1 aliphatic heterocycles. The Balaban J connectivity index is 1.78. The summed E-state index contributed by atoms with van der Waals surface area (Å²) in [4.78, 5) is 29.4. The highest BCUT2D eigenvalue weighted by Gasteiger charge is 2.22. The maximum Gasteiger partial charge on any atom is 0.340 e. The fraction of sp³-hybridized carbons (Fsp3) is 0.267. The molecule has 0 radical (unpaired) electrons. The van der Waals surface area contributed by atoms with Crippen molar-refractivity contribution >= 4 is 11.5 Å². The molecule has 0 fully saturated rings. The Morgan fingerprint density at radius 1 is 1.41 bits per heavy atom.